The van der Waals surface area contributed by atoms with E-state index in [1.165, 1.54) is 0 Å². The maximum Gasteiger partial charge on any atom is 0.135 e. The average Bonchev–Trinajstić information content (AvgIpc) is 3.88. The molecule has 1 aliphatic rings. The molecule has 0 unspecified atom stereocenters. The molecule has 1 aliphatic heterocycles. The van der Waals surface area contributed by atoms with Crippen LogP contribution in [0.1, 0.15) is 44.2 Å². The zero-order valence-corrected chi connectivity index (χ0v) is 33.6. The molecule has 2 aromatic heterocycles. The number of fused-ring (bicyclic) bond motifs is 4. The molecule has 0 spiro atoms. The van der Waals surface area contributed by atoms with Gasteiger partial charge in [0.1, 0.15) is 5.82 Å². The summed E-state index contributed by atoms with van der Waals surface area (Å²) in [6.07, 6.45) is -0.248. The van der Waals surface area contributed by atoms with Crippen LogP contribution in [0.15, 0.2) is 176 Å². The minimum Gasteiger partial charge on any atom is -0.509 e. The van der Waals surface area contributed by atoms with E-state index in [2.05, 4.69) is 17.1 Å². The van der Waals surface area contributed by atoms with Gasteiger partial charge in [-0.15, -0.1) is 48.1 Å². The minimum atomic E-state index is -0.621. The molecule has 0 amide bonds. The predicted octanol–water partition coefficient (Wildman–Crippen LogP) is 13.6. The van der Waals surface area contributed by atoms with E-state index in [1.54, 1.807) is 69.6 Å². The van der Waals surface area contributed by atoms with Gasteiger partial charge in [0, 0.05) is 72.4 Å². The van der Waals surface area contributed by atoms with Gasteiger partial charge in [-0.2, -0.15) is 12.1 Å². The summed E-state index contributed by atoms with van der Waals surface area (Å²) >= 11 is 0. The third-order valence-electron chi connectivity index (χ3n) is 9.78. The summed E-state index contributed by atoms with van der Waals surface area (Å²) < 4.78 is 122. The van der Waals surface area contributed by atoms with Gasteiger partial charge in [0.15, 0.2) is 0 Å². The van der Waals surface area contributed by atoms with Crippen LogP contribution in [-0.2, 0) is 26.5 Å². The monoisotopic (exact) mass is 943 g/mol. The summed E-state index contributed by atoms with van der Waals surface area (Å²) in [4.78, 5) is 7.99. The fourth-order valence-corrected chi connectivity index (χ4v) is 7.15. The molecule has 286 valence electrons. The topological polar surface area (TPSA) is 33.5 Å². The Balaban J connectivity index is 0.00000624. The van der Waals surface area contributed by atoms with E-state index in [9.17, 15) is 1.37 Å². The number of hydrogen-bond donors (Lipinski definition) is 0. The average molecular weight is 944 g/mol. The fraction of sp³-hybridized carbons (Fsp3) is 0.0769. The summed E-state index contributed by atoms with van der Waals surface area (Å²) in [6, 6.07) is 29.9. The van der Waals surface area contributed by atoms with Gasteiger partial charge in [0.2, 0.25) is 0 Å². The van der Waals surface area contributed by atoms with Gasteiger partial charge in [0.05, 0.1) is 17.8 Å². The molecule has 0 bridgehead atoms. The molecule has 0 N–H and O–H groups in total. The van der Waals surface area contributed by atoms with Crippen LogP contribution in [-0.4, -0.2) is 9.55 Å². The van der Waals surface area contributed by atoms with E-state index in [0.717, 1.165) is 16.3 Å². The Morgan fingerprint density at radius 3 is 1.98 bits per heavy atom. The van der Waals surface area contributed by atoms with Crippen molar-refractivity contribution in [3.8, 4) is 39.6 Å². The van der Waals surface area contributed by atoms with Crippen molar-refractivity contribution in [1.29, 1.82) is 0 Å². The minimum absolute atomic E-state index is 0. The predicted molar refractivity (Wildman–Crippen MR) is 234 cm³/mol. The summed E-state index contributed by atoms with van der Waals surface area (Å²) in [7, 11) is 0. The Labute approximate surface area is 372 Å². The zero-order chi connectivity index (χ0) is 49.8. The van der Waals surface area contributed by atoms with Crippen molar-refractivity contribution in [3.05, 3.63) is 200 Å². The fourth-order valence-electron chi connectivity index (χ4n) is 7.15. The third kappa shape index (κ3) is 6.66. The molecule has 0 radical (unpaired) electrons. The van der Waals surface area contributed by atoms with Crippen molar-refractivity contribution >= 4 is 44.6 Å². The van der Waals surface area contributed by atoms with Crippen LogP contribution in [0.5, 0.6) is 11.5 Å². The van der Waals surface area contributed by atoms with Gasteiger partial charge in [-0.3, -0.25) is 0 Å². The van der Waals surface area contributed by atoms with Gasteiger partial charge in [0.25, 0.3) is 0 Å². The number of nitrogens with zero attached hydrogens (tertiary/aromatic N) is 4. The first-order valence-electron chi connectivity index (χ1n) is 24.7. The number of hydrogen-bond acceptors (Lipinski definition) is 4. The number of anilines is 4. The number of benzene rings is 7. The van der Waals surface area contributed by atoms with Crippen molar-refractivity contribution in [2.45, 2.75) is 26.2 Å². The molecule has 0 saturated heterocycles. The van der Waals surface area contributed by atoms with Gasteiger partial charge in [-0.25, -0.2) is 4.98 Å². The molecule has 0 fully saturated rings. The number of aromatic nitrogens is 2. The molecule has 58 heavy (non-hydrogen) atoms. The SMILES string of the molecule is [2H]c1nc(-n2c3[c-]c(Oc4[c-]c(N5[CH-]N(c6c(-c7c([2H])c([2H])c([2H])c([2H])c7[2H])cccc6-c6c([2H])c([2H])c([2H])c([2H])c6[2H])c6ccccc65)ccc4)ccc3c3ccccc32)c([2H])c(C(C)(C)C)c1[2H].[Pt]. The van der Waals surface area contributed by atoms with Gasteiger partial charge in [-0.05, 0) is 57.8 Å². The van der Waals surface area contributed by atoms with Crippen LogP contribution in [0.25, 0.3) is 49.9 Å². The van der Waals surface area contributed by atoms with E-state index in [0.29, 0.717) is 39.6 Å². The smallest absolute Gasteiger partial charge is 0.135 e. The first-order valence-corrected chi connectivity index (χ1v) is 18.2. The van der Waals surface area contributed by atoms with E-state index < -0.39 is 65.8 Å². The van der Waals surface area contributed by atoms with Gasteiger partial charge in [-0.1, -0.05) is 135 Å². The van der Waals surface area contributed by atoms with Crippen molar-refractivity contribution in [2.24, 2.45) is 0 Å². The maximum absolute atomic E-state index is 9.30. The second-order valence-electron chi connectivity index (χ2n) is 14.4. The molecule has 6 heteroatoms. The third-order valence-corrected chi connectivity index (χ3v) is 9.78. The number of ether oxygens (including phenoxy) is 1. The summed E-state index contributed by atoms with van der Waals surface area (Å²) in [5.41, 5.74) is 2.90. The van der Waals surface area contributed by atoms with E-state index in [1.807, 2.05) is 69.3 Å². The number of pyridine rings is 1. The second-order valence-corrected chi connectivity index (χ2v) is 14.4. The van der Waals surface area contributed by atoms with Crippen molar-refractivity contribution in [2.75, 3.05) is 9.80 Å². The van der Waals surface area contributed by atoms with E-state index in [-0.39, 0.29) is 73.1 Å². The summed E-state index contributed by atoms with van der Waals surface area (Å²) in [5.74, 6) is 0.787. The first kappa shape index (κ1) is 25.0. The Hall–Kier alpha value is -6.42. The maximum atomic E-state index is 9.30. The normalized spacial score (nSPS) is 15.6. The molecule has 5 nitrogen and oxygen atoms in total. The van der Waals surface area contributed by atoms with Crippen LogP contribution < -0.4 is 14.5 Å². The van der Waals surface area contributed by atoms with Crippen molar-refractivity contribution < 1.29 is 43.6 Å². The second kappa shape index (κ2) is 15.2. The largest absolute Gasteiger partial charge is 0.509 e. The zero-order valence-electron chi connectivity index (χ0n) is 44.3. The molecule has 9 aromatic rings. The van der Waals surface area contributed by atoms with Crippen LogP contribution >= 0.6 is 0 Å². The van der Waals surface area contributed by atoms with Crippen LogP contribution in [0, 0.1) is 18.8 Å². The summed E-state index contributed by atoms with van der Waals surface area (Å²) in [5, 5.41) is 1.67. The molecule has 10 rings (SSSR count). The van der Waals surface area contributed by atoms with E-state index >= 15 is 0 Å². The molecule has 3 heterocycles. The Morgan fingerprint density at radius 1 is 0.638 bits per heavy atom. The standard InChI is InChI=1S/C52H39N4O.Pt/c1-52(2,3)38-30-31-53-50(32-38)56-46-25-11-10-22-44(46)45-29-28-41(34-49(45)56)57-40-21-14-20-39(33-40)54-35-55(48-27-13-12-26-47(48)54)51-42(36-16-6-4-7-17-36)23-15-24-43(51)37-18-8-5-9-19-37;/h4-32,35H,1-3H3;/q-3;/i4D,5D,6D,7D,8D,9D,16D,17D,18D,19D,30D,31D,32D;. The van der Waals surface area contributed by atoms with Crippen molar-refractivity contribution in [3.63, 3.8) is 0 Å². The first-order chi connectivity index (χ1) is 33.3. The molecular formula is C52H39N4OPt-3. The molecule has 7 aromatic carbocycles. The molecular weight excluding hydrogens is 892 g/mol. The number of para-hydroxylation sites is 4. The Morgan fingerprint density at radius 2 is 1.28 bits per heavy atom. The summed E-state index contributed by atoms with van der Waals surface area (Å²) in [6.45, 7) is 7.40. The van der Waals surface area contributed by atoms with E-state index in [4.69, 9.17) is 21.2 Å². The Bertz CT molecular complexity index is 3540. The van der Waals surface area contributed by atoms with Crippen molar-refractivity contribution in [1.82, 2.24) is 9.55 Å². The molecule has 0 saturated carbocycles. The van der Waals surface area contributed by atoms with Crippen LogP contribution in [0.3, 0.4) is 0 Å². The Kier molecular flexibility index (Phi) is 6.54. The van der Waals surface area contributed by atoms with Gasteiger partial charge >= 0.3 is 0 Å². The van der Waals surface area contributed by atoms with Gasteiger partial charge < -0.3 is 19.1 Å². The van der Waals surface area contributed by atoms with Crippen LogP contribution in [0.4, 0.5) is 22.7 Å². The van der Waals surface area contributed by atoms with Crippen LogP contribution in [0.2, 0.25) is 0 Å². The molecule has 0 atom stereocenters. The molecule has 0 aliphatic carbocycles. The quantitative estimate of drug-likeness (QED) is 0.149. The number of rotatable bonds is 7.